The molecule has 0 amide bonds. The zero-order valence-corrected chi connectivity index (χ0v) is 12.6. The fourth-order valence-electron chi connectivity index (χ4n) is 3.33. The molecule has 19 heavy (non-hydrogen) atoms. The first kappa shape index (κ1) is 14.6. The Hall–Kier alpha value is -0.830. The Balaban J connectivity index is 1.90. The highest BCUT2D eigenvalue weighted by molar-refractivity contribution is 5.11. The average Bonchev–Trinajstić information content (AvgIpc) is 2.82. The lowest BCUT2D eigenvalue weighted by Gasteiger charge is -2.24. The van der Waals surface area contributed by atoms with E-state index in [2.05, 4.69) is 29.7 Å². The van der Waals surface area contributed by atoms with E-state index in [1.807, 2.05) is 0 Å². The standard InChI is InChI=1S/C16H29N3/c1-3-15-12-16(19(4-2)18-15)11-14(17)10-13-8-6-5-7-9-13/h12-14H,3-11,17H2,1-2H3. The smallest absolute Gasteiger partial charge is 0.0624 e. The van der Waals surface area contributed by atoms with Gasteiger partial charge in [-0.3, -0.25) is 4.68 Å². The number of hydrogen-bond donors (Lipinski definition) is 1. The second-order valence-electron chi connectivity index (χ2n) is 6.00. The van der Waals surface area contributed by atoms with Crippen LogP contribution >= 0.6 is 0 Å². The molecule has 3 heteroatoms. The third kappa shape index (κ3) is 4.07. The van der Waals surface area contributed by atoms with Crippen LogP contribution in [0.25, 0.3) is 0 Å². The van der Waals surface area contributed by atoms with E-state index in [9.17, 15) is 0 Å². The maximum atomic E-state index is 6.37. The number of nitrogens with zero attached hydrogens (tertiary/aromatic N) is 2. The summed E-state index contributed by atoms with van der Waals surface area (Å²) in [6.45, 7) is 5.27. The van der Waals surface area contributed by atoms with Crippen molar-refractivity contribution in [2.45, 2.75) is 77.8 Å². The third-order valence-electron chi connectivity index (χ3n) is 4.41. The molecule has 0 radical (unpaired) electrons. The summed E-state index contributed by atoms with van der Waals surface area (Å²) in [5, 5.41) is 4.61. The van der Waals surface area contributed by atoms with Crippen molar-refractivity contribution in [2.75, 3.05) is 0 Å². The Morgan fingerprint density at radius 2 is 2.05 bits per heavy atom. The lowest BCUT2D eigenvalue weighted by atomic mass is 9.84. The molecule has 0 aliphatic heterocycles. The predicted molar refractivity (Wildman–Crippen MR) is 80.2 cm³/mol. The molecule has 1 saturated carbocycles. The van der Waals surface area contributed by atoms with Gasteiger partial charge in [0.25, 0.3) is 0 Å². The summed E-state index contributed by atoms with van der Waals surface area (Å²) < 4.78 is 2.12. The van der Waals surface area contributed by atoms with Gasteiger partial charge in [-0.25, -0.2) is 0 Å². The first-order valence-corrected chi connectivity index (χ1v) is 8.04. The largest absolute Gasteiger partial charge is 0.327 e. The minimum Gasteiger partial charge on any atom is -0.327 e. The van der Waals surface area contributed by atoms with Gasteiger partial charge in [-0.05, 0) is 31.7 Å². The van der Waals surface area contributed by atoms with Crippen molar-refractivity contribution in [3.63, 3.8) is 0 Å². The van der Waals surface area contributed by atoms with E-state index >= 15 is 0 Å². The molecule has 1 unspecified atom stereocenters. The van der Waals surface area contributed by atoms with Crippen LogP contribution in [0.1, 0.15) is 63.8 Å². The maximum Gasteiger partial charge on any atom is 0.0624 e. The van der Waals surface area contributed by atoms with E-state index in [0.29, 0.717) is 6.04 Å². The third-order valence-corrected chi connectivity index (χ3v) is 4.41. The summed E-state index contributed by atoms with van der Waals surface area (Å²) in [7, 11) is 0. The molecule has 0 spiro atoms. The van der Waals surface area contributed by atoms with Crippen molar-refractivity contribution in [2.24, 2.45) is 11.7 Å². The fraction of sp³-hybridized carbons (Fsp3) is 0.812. The molecule has 1 aliphatic carbocycles. The van der Waals surface area contributed by atoms with Crippen LogP contribution in [0.15, 0.2) is 6.07 Å². The van der Waals surface area contributed by atoms with E-state index < -0.39 is 0 Å². The van der Waals surface area contributed by atoms with Gasteiger partial charge in [0.1, 0.15) is 0 Å². The second-order valence-corrected chi connectivity index (χ2v) is 6.00. The van der Waals surface area contributed by atoms with Gasteiger partial charge in [0, 0.05) is 24.7 Å². The fourth-order valence-corrected chi connectivity index (χ4v) is 3.33. The van der Waals surface area contributed by atoms with Crippen LogP contribution in [0, 0.1) is 5.92 Å². The molecule has 1 aliphatic rings. The highest BCUT2D eigenvalue weighted by Gasteiger charge is 2.18. The average molecular weight is 263 g/mol. The van der Waals surface area contributed by atoms with Crippen molar-refractivity contribution in [1.29, 1.82) is 0 Å². The number of aromatic nitrogens is 2. The highest BCUT2D eigenvalue weighted by atomic mass is 15.3. The summed E-state index contributed by atoms with van der Waals surface area (Å²) in [5.74, 6) is 0.868. The SMILES string of the molecule is CCc1cc(CC(N)CC2CCCCC2)n(CC)n1. The number of nitrogens with two attached hydrogens (primary N) is 1. The zero-order valence-electron chi connectivity index (χ0n) is 12.6. The molecule has 1 fully saturated rings. The Labute approximate surface area is 117 Å². The molecule has 2 N–H and O–H groups in total. The molecule has 1 atom stereocenters. The minimum atomic E-state index is 0.301. The van der Waals surface area contributed by atoms with Gasteiger partial charge < -0.3 is 5.73 Å². The van der Waals surface area contributed by atoms with Gasteiger partial charge in [0.05, 0.1) is 5.69 Å². The molecule has 108 valence electrons. The summed E-state index contributed by atoms with van der Waals surface area (Å²) in [4.78, 5) is 0. The first-order chi connectivity index (χ1) is 9.22. The van der Waals surface area contributed by atoms with E-state index in [0.717, 1.165) is 25.3 Å². The van der Waals surface area contributed by atoms with Crippen LogP contribution < -0.4 is 5.73 Å². The molecular weight excluding hydrogens is 234 g/mol. The van der Waals surface area contributed by atoms with Crippen LogP contribution in [0.2, 0.25) is 0 Å². The normalized spacial score (nSPS) is 18.7. The lowest BCUT2D eigenvalue weighted by molar-refractivity contribution is 0.315. The zero-order chi connectivity index (χ0) is 13.7. The van der Waals surface area contributed by atoms with Crippen LogP contribution in [-0.2, 0) is 19.4 Å². The molecule has 1 heterocycles. The predicted octanol–water partition coefficient (Wildman–Crippen LogP) is 3.31. The Bertz CT molecular complexity index is 377. The quantitative estimate of drug-likeness (QED) is 0.855. The van der Waals surface area contributed by atoms with Gasteiger partial charge >= 0.3 is 0 Å². The molecule has 0 saturated heterocycles. The summed E-state index contributed by atoms with van der Waals surface area (Å²) in [6.07, 6.45) is 10.2. The van der Waals surface area contributed by atoms with Gasteiger partial charge in [-0.1, -0.05) is 39.0 Å². The number of rotatable bonds is 6. The minimum absolute atomic E-state index is 0.301. The summed E-state index contributed by atoms with van der Waals surface area (Å²) in [5.41, 5.74) is 8.89. The molecule has 1 aromatic rings. The Morgan fingerprint density at radius 1 is 1.32 bits per heavy atom. The first-order valence-electron chi connectivity index (χ1n) is 8.04. The molecule has 3 nitrogen and oxygen atoms in total. The van der Waals surface area contributed by atoms with Crippen molar-refractivity contribution in [1.82, 2.24) is 9.78 Å². The van der Waals surface area contributed by atoms with E-state index in [4.69, 9.17) is 5.73 Å². The lowest BCUT2D eigenvalue weighted by Crippen LogP contribution is -2.28. The molecule has 1 aromatic heterocycles. The monoisotopic (exact) mass is 263 g/mol. The van der Waals surface area contributed by atoms with Crippen LogP contribution in [-0.4, -0.2) is 15.8 Å². The van der Waals surface area contributed by atoms with Crippen molar-refractivity contribution in [3.05, 3.63) is 17.5 Å². The highest BCUT2D eigenvalue weighted by Crippen LogP contribution is 2.27. The summed E-state index contributed by atoms with van der Waals surface area (Å²) >= 11 is 0. The van der Waals surface area contributed by atoms with Crippen molar-refractivity contribution in [3.8, 4) is 0 Å². The van der Waals surface area contributed by atoms with E-state index in [1.54, 1.807) is 0 Å². The molecule has 0 aromatic carbocycles. The maximum absolute atomic E-state index is 6.37. The van der Waals surface area contributed by atoms with Crippen molar-refractivity contribution >= 4 is 0 Å². The van der Waals surface area contributed by atoms with Gasteiger partial charge in [0.2, 0.25) is 0 Å². The molecule has 2 rings (SSSR count). The number of aryl methyl sites for hydroxylation is 2. The Kier molecular flexibility index (Phi) is 5.44. The summed E-state index contributed by atoms with van der Waals surface area (Å²) in [6, 6.07) is 2.54. The molecule has 0 bridgehead atoms. The molecular formula is C16H29N3. The van der Waals surface area contributed by atoms with Crippen LogP contribution in [0.5, 0.6) is 0 Å². The van der Waals surface area contributed by atoms with Gasteiger partial charge in [0.15, 0.2) is 0 Å². The van der Waals surface area contributed by atoms with Crippen LogP contribution in [0.4, 0.5) is 0 Å². The van der Waals surface area contributed by atoms with Crippen LogP contribution in [0.3, 0.4) is 0 Å². The van der Waals surface area contributed by atoms with Crippen molar-refractivity contribution < 1.29 is 0 Å². The van der Waals surface area contributed by atoms with E-state index in [-0.39, 0.29) is 0 Å². The topological polar surface area (TPSA) is 43.8 Å². The van der Waals surface area contributed by atoms with Gasteiger partial charge in [-0.15, -0.1) is 0 Å². The number of hydrogen-bond acceptors (Lipinski definition) is 2. The second kappa shape index (κ2) is 7.09. The Morgan fingerprint density at radius 3 is 2.68 bits per heavy atom. The van der Waals surface area contributed by atoms with Gasteiger partial charge in [-0.2, -0.15) is 5.10 Å². The van der Waals surface area contributed by atoms with E-state index in [1.165, 1.54) is 49.9 Å².